The maximum Gasteiger partial charge on any atom is 0.305 e. The van der Waals surface area contributed by atoms with Crippen molar-refractivity contribution < 1.29 is 24.3 Å². The molecule has 0 spiro atoms. The number of carboxylic acid groups (broad SMARTS) is 1. The number of hydrogen-bond acceptors (Lipinski definition) is 8. The Kier molecular flexibility index (Phi) is 10.1. The van der Waals surface area contributed by atoms with Gasteiger partial charge in [0, 0.05) is 35.0 Å². The van der Waals surface area contributed by atoms with E-state index in [1.807, 2.05) is 58.2 Å². The van der Waals surface area contributed by atoms with Crippen molar-refractivity contribution in [2.24, 2.45) is 0 Å². The summed E-state index contributed by atoms with van der Waals surface area (Å²) in [5.74, 6) is 0.359. The highest BCUT2D eigenvalue weighted by Crippen LogP contribution is 2.22. The first-order chi connectivity index (χ1) is 17.1. The number of thiophene rings is 1. The molecule has 36 heavy (non-hydrogen) atoms. The number of thioether (sulfide) groups is 1. The summed E-state index contributed by atoms with van der Waals surface area (Å²) in [6, 6.07) is 10.8. The number of carbonyl (C=O) groups excluding carboxylic acids is 1. The highest BCUT2D eigenvalue weighted by molar-refractivity contribution is 7.98. The van der Waals surface area contributed by atoms with Crippen LogP contribution in [-0.4, -0.2) is 57.1 Å². The van der Waals surface area contributed by atoms with Crippen LogP contribution in [0.25, 0.3) is 0 Å². The third-order valence-corrected chi connectivity index (χ3v) is 8.06. The second-order valence-electron chi connectivity index (χ2n) is 8.93. The van der Waals surface area contributed by atoms with Crippen molar-refractivity contribution in [1.29, 1.82) is 0 Å². The Morgan fingerprint density at radius 1 is 1.17 bits per heavy atom. The van der Waals surface area contributed by atoms with E-state index in [2.05, 4.69) is 15.4 Å². The second-order valence-corrected chi connectivity index (χ2v) is 11.1. The van der Waals surface area contributed by atoms with Gasteiger partial charge >= 0.3 is 5.97 Å². The minimum Gasteiger partial charge on any atom is -0.481 e. The number of benzene rings is 1. The molecular weight excluding hydrogens is 498 g/mol. The predicted octanol–water partition coefficient (Wildman–Crippen LogP) is 4.16. The number of aromatic nitrogens is 1. The minimum atomic E-state index is -1.07. The molecule has 0 aliphatic rings. The van der Waals surface area contributed by atoms with Crippen molar-refractivity contribution in [3.8, 4) is 0 Å². The molecule has 0 aliphatic heterocycles. The summed E-state index contributed by atoms with van der Waals surface area (Å²) in [4.78, 5) is 27.9. The predicted molar refractivity (Wildman–Crippen MR) is 142 cm³/mol. The van der Waals surface area contributed by atoms with Crippen LogP contribution in [0, 0.1) is 20.8 Å². The lowest BCUT2D eigenvalue weighted by Gasteiger charge is -2.22. The molecule has 0 radical (unpaired) electrons. The van der Waals surface area contributed by atoms with Crippen LogP contribution in [-0.2, 0) is 23.6 Å². The number of aryl methyl sites for hydroxylation is 3. The molecule has 0 aliphatic carbocycles. The molecule has 1 amide bonds. The van der Waals surface area contributed by atoms with Gasteiger partial charge in [0.05, 0.1) is 29.1 Å². The third-order valence-electron chi connectivity index (χ3n) is 5.90. The number of aliphatic hydroxyl groups excluding tert-OH is 1. The Morgan fingerprint density at radius 3 is 2.58 bits per heavy atom. The van der Waals surface area contributed by atoms with Crippen molar-refractivity contribution in [2.45, 2.75) is 58.2 Å². The number of hydrogen-bond donors (Lipinski definition) is 3. The fourth-order valence-electron chi connectivity index (χ4n) is 3.79. The van der Waals surface area contributed by atoms with Crippen LogP contribution in [0.15, 0.2) is 40.9 Å². The second kappa shape index (κ2) is 13.0. The summed E-state index contributed by atoms with van der Waals surface area (Å²) in [5.41, 5.74) is 4.25. The molecule has 0 saturated heterocycles. The van der Waals surface area contributed by atoms with E-state index in [1.165, 1.54) is 34.2 Å². The van der Waals surface area contributed by atoms with E-state index in [0.717, 1.165) is 21.9 Å². The number of rotatable bonds is 13. The third kappa shape index (κ3) is 7.92. The minimum absolute atomic E-state index is 0.314. The molecule has 0 saturated carbocycles. The van der Waals surface area contributed by atoms with E-state index < -0.39 is 18.1 Å². The van der Waals surface area contributed by atoms with E-state index in [4.69, 9.17) is 4.52 Å². The van der Waals surface area contributed by atoms with Crippen LogP contribution >= 0.6 is 23.1 Å². The zero-order chi connectivity index (χ0) is 26.2. The summed E-state index contributed by atoms with van der Waals surface area (Å²) in [7, 11) is 1.99. The first kappa shape index (κ1) is 27.9. The molecule has 1 aromatic carbocycles. The zero-order valence-corrected chi connectivity index (χ0v) is 22.6. The van der Waals surface area contributed by atoms with Gasteiger partial charge < -0.3 is 20.1 Å². The lowest BCUT2D eigenvalue weighted by Crippen LogP contribution is -2.45. The monoisotopic (exact) mass is 531 g/mol. The van der Waals surface area contributed by atoms with Gasteiger partial charge in [0.15, 0.2) is 0 Å². The molecule has 0 fully saturated rings. The van der Waals surface area contributed by atoms with Crippen molar-refractivity contribution in [3.05, 3.63) is 74.3 Å². The quantitative estimate of drug-likeness (QED) is 0.301. The summed E-state index contributed by atoms with van der Waals surface area (Å²) in [5, 5.41) is 26.7. The Labute approximate surface area is 219 Å². The molecule has 3 aromatic rings. The van der Waals surface area contributed by atoms with Gasteiger partial charge in [0.2, 0.25) is 0 Å². The molecule has 10 heteroatoms. The lowest BCUT2D eigenvalue weighted by atomic mass is 10.1. The fourth-order valence-corrected chi connectivity index (χ4v) is 5.92. The number of aliphatic hydroxyl groups is 1. The largest absolute Gasteiger partial charge is 0.481 e. The number of carboxylic acids is 1. The Balaban J connectivity index is 1.55. The first-order valence-corrected chi connectivity index (χ1v) is 13.6. The number of aliphatic carboxylic acids is 1. The van der Waals surface area contributed by atoms with E-state index in [1.54, 1.807) is 6.07 Å². The van der Waals surface area contributed by atoms with Crippen LogP contribution in [0.3, 0.4) is 0 Å². The van der Waals surface area contributed by atoms with E-state index >= 15 is 0 Å². The molecule has 3 N–H and O–H groups in total. The van der Waals surface area contributed by atoms with Gasteiger partial charge in [-0.1, -0.05) is 29.4 Å². The topological polar surface area (TPSA) is 116 Å². The summed E-state index contributed by atoms with van der Waals surface area (Å²) >= 11 is 2.87. The average molecular weight is 532 g/mol. The van der Waals surface area contributed by atoms with Gasteiger partial charge in [-0.15, -0.1) is 11.3 Å². The smallest absolute Gasteiger partial charge is 0.305 e. The van der Waals surface area contributed by atoms with E-state index in [-0.39, 0.29) is 12.3 Å². The lowest BCUT2D eigenvalue weighted by molar-refractivity contribution is -0.138. The van der Waals surface area contributed by atoms with Crippen LogP contribution < -0.4 is 5.32 Å². The summed E-state index contributed by atoms with van der Waals surface area (Å²) in [6.45, 7) is 7.15. The van der Waals surface area contributed by atoms with Crippen molar-refractivity contribution in [2.75, 3.05) is 12.8 Å². The normalized spacial score (nSPS) is 13.1. The molecule has 2 aromatic heterocycles. The van der Waals surface area contributed by atoms with Crippen LogP contribution in [0.5, 0.6) is 0 Å². The Bertz CT molecular complexity index is 1160. The van der Waals surface area contributed by atoms with Crippen LogP contribution in [0.4, 0.5) is 0 Å². The molecule has 0 bridgehead atoms. The molecule has 3 rings (SSSR count). The number of nitrogens with zero attached hydrogens (tertiary/aromatic N) is 2. The maximum absolute atomic E-state index is 12.9. The standard InChI is InChI=1S/C26H33N3O5S2/c1-16-7-5-6-8-19(16)14-35-15-23(30)22(11-25(31)32)27-26(33)24-10-9-20(36-24)12-29(4)13-21-17(2)28-34-18(21)3/h5-10,22-23,30H,11-15H2,1-4H3,(H,27,33)(H,31,32)/t22-,23?/m0/s1. The van der Waals surface area contributed by atoms with Gasteiger partial charge in [-0.05, 0) is 51.1 Å². The Morgan fingerprint density at radius 2 is 1.92 bits per heavy atom. The molecule has 8 nitrogen and oxygen atoms in total. The first-order valence-electron chi connectivity index (χ1n) is 11.7. The average Bonchev–Trinajstić information content (AvgIpc) is 3.41. The highest BCUT2D eigenvalue weighted by Gasteiger charge is 2.25. The van der Waals surface area contributed by atoms with Gasteiger partial charge in [0.25, 0.3) is 5.91 Å². The van der Waals surface area contributed by atoms with Crippen molar-refractivity contribution >= 4 is 35.0 Å². The van der Waals surface area contributed by atoms with Crippen molar-refractivity contribution in [1.82, 2.24) is 15.4 Å². The number of carbonyl (C=O) groups is 2. The summed E-state index contributed by atoms with van der Waals surface area (Å²) in [6.07, 6.45) is -1.34. The zero-order valence-electron chi connectivity index (χ0n) is 21.0. The molecule has 1 unspecified atom stereocenters. The van der Waals surface area contributed by atoms with Crippen LogP contribution in [0.2, 0.25) is 0 Å². The molecule has 2 heterocycles. The van der Waals surface area contributed by atoms with E-state index in [0.29, 0.717) is 29.5 Å². The van der Waals surface area contributed by atoms with Gasteiger partial charge in [-0.2, -0.15) is 11.8 Å². The van der Waals surface area contributed by atoms with Gasteiger partial charge in [0.1, 0.15) is 5.76 Å². The fraction of sp³-hybridized carbons (Fsp3) is 0.423. The van der Waals surface area contributed by atoms with Crippen LogP contribution in [0.1, 0.15) is 49.1 Å². The number of amides is 1. The van der Waals surface area contributed by atoms with Gasteiger partial charge in [-0.3, -0.25) is 14.5 Å². The maximum atomic E-state index is 12.9. The van der Waals surface area contributed by atoms with E-state index in [9.17, 15) is 19.8 Å². The Hall–Kier alpha value is -2.66. The molecule has 2 atom stereocenters. The van der Waals surface area contributed by atoms with Gasteiger partial charge in [-0.25, -0.2) is 0 Å². The molecule has 194 valence electrons. The molecular formula is C26H33N3O5S2. The SMILES string of the molecule is Cc1ccccc1CSCC(O)[C@H](CC(=O)O)NC(=O)c1ccc(CN(C)Cc2c(C)noc2C)s1. The van der Waals surface area contributed by atoms with Crippen molar-refractivity contribution in [3.63, 3.8) is 0 Å². The summed E-state index contributed by atoms with van der Waals surface area (Å²) < 4.78 is 5.23. The highest BCUT2D eigenvalue weighted by atomic mass is 32.2. The number of nitrogens with one attached hydrogen (secondary N) is 1.